The van der Waals surface area contributed by atoms with Crippen molar-refractivity contribution in [2.24, 2.45) is 0 Å². The van der Waals surface area contributed by atoms with Crippen LogP contribution in [0.2, 0.25) is 0 Å². The standard InChI is InChI=1S/C12H21N3O/c1-13-9-11-10-16-12(14-11)15-7-5-3-2-4-6-8-15/h10,13H,2-9H2,1H3. The summed E-state index contributed by atoms with van der Waals surface area (Å²) in [4.78, 5) is 6.77. The average Bonchev–Trinajstić information content (AvgIpc) is 2.66. The van der Waals surface area contributed by atoms with Gasteiger partial charge in [-0.2, -0.15) is 4.98 Å². The van der Waals surface area contributed by atoms with Crippen LogP contribution in [0.25, 0.3) is 0 Å². The maximum Gasteiger partial charge on any atom is 0.297 e. The van der Waals surface area contributed by atoms with Crippen molar-refractivity contribution >= 4 is 6.01 Å². The molecule has 0 unspecified atom stereocenters. The summed E-state index contributed by atoms with van der Waals surface area (Å²) in [6.45, 7) is 2.94. The summed E-state index contributed by atoms with van der Waals surface area (Å²) in [7, 11) is 1.92. The first-order valence-corrected chi connectivity index (χ1v) is 6.24. The summed E-state index contributed by atoms with van der Waals surface area (Å²) in [6, 6.07) is 0.798. The molecule has 0 aromatic carbocycles. The molecule has 2 rings (SSSR count). The topological polar surface area (TPSA) is 41.3 Å². The molecule has 1 aliphatic rings. The average molecular weight is 223 g/mol. The smallest absolute Gasteiger partial charge is 0.297 e. The van der Waals surface area contributed by atoms with E-state index in [0.29, 0.717) is 0 Å². The van der Waals surface area contributed by atoms with E-state index in [1.807, 2.05) is 7.05 Å². The van der Waals surface area contributed by atoms with Gasteiger partial charge in [0.2, 0.25) is 0 Å². The molecule has 4 nitrogen and oxygen atoms in total. The van der Waals surface area contributed by atoms with Crippen molar-refractivity contribution < 1.29 is 4.42 Å². The normalized spacial score (nSPS) is 18.2. The Kier molecular flexibility index (Phi) is 4.22. The van der Waals surface area contributed by atoms with E-state index in [2.05, 4.69) is 15.2 Å². The second-order valence-corrected chi connectivity index (χ2v) is 4.41. The minimum absolute atomic E-state index is 0.775. The molecular formula is C12H21N3O. The van der Waals surface area contributed by atoms with Crippen molar-refractivity contribution in [2.75, 3.05) is 25.0 Å². The zero-order chi connectivity index (χ0) is 11.2. The third-order valence-corrected chi connectivity index (χ3v) is 3.02. The monoisotopic (exact) mass is 223 g/mol. The van der Waals surface area contributed by atoms with Crippen molar-refractivity contribution in [2.45, 2.75) is 38.6 Å². The SMILES string of the molecule is CNCc1coc(N2CCCCCCC2)n1. The fraction of sp³-hybridized carbons (Fsp3) is 0.750. The third kappa shape index (κ3) is 2.98. The van der Waals surface area contributed by atoms with Crippen molar-refractivity contribution in [1.82, 2.24) is 10.3 Å². The van der Waals surface area contributed by atoms with Gasteiger partial charge >= 0.3 is 0 Å². The van der Waals surface area contributed by atoms with Crippen LogP contribution in [-0.4, -0.2) is 25.1 Å². The van der Waals surface area contributed by atoms with Crippen molar-refractivity contribution in [3.05, 3.63) is 12.0 Å². The molecule has 4 heteroatoms. The Morgan fingerprint density at radius 2 is 1.94 bits per heavy atom. The van der Waals surface area contributed by atoms with Crippen molar-refractivity contribution in [3.8, 4) is 0 Å². The highest BCUT2D eigenvalue weighted by Crippen LogP contribution is 2.18. The van der Waals surface area contributed by atoms with Crippen molar-refractivity contribution in [3.63, 3.8) is 0 Å². The number of oxazole rings is 1. The molecule has 1 aromatic heterocycles. The zero-order valence-corrected chi connectivity index (χ0v) is 10.0. The Morgan fingerprint density at radius 1 is 1.25 bits per heavy atom. The van der Waals surface area contributed by atoms with Crippen LogP contribution in [0.4, 0.5) is 6.01 Å². The molecule has 1 N–H and O–H groups in total. The summed E-state index contributed by atoms with van der Waals surface area (Å²) >= 11 is 0. The Balaban J connectivity index is 1.97. The summed E-state index contributed by atoms with van der Waals surface area (Å²) in [5.41, 5.74) is 0.986. The van der Waals surface area contributed by atoms with E-state index in [1.54, 1.807) is 6.26 Å². The first-order chi connectivity index (χ1) is 7.90. The maximum absolute atomic E-state index is 5.53. The summed E-state index contributed by atoms with van der Waals surface area (Å²) in [6.07, 6.45) is 8.31. The van der Waals surface area contributed by atoms with Gasteiger partial charge in [0.1, 0.15) is 6.26 Å². The van der Waals surface area contributed by atoms with Crippen LogP contribution in [0.1, 0.15) is 37.8 Å². The minimum Gasteiger partial charge on any atom is -0.432 e. The van der Waals surface area contributed by atoms with Crippen LogP contribution in [0.15, 0.2) is 10.7 Å². The lowest BCUT2D eigenvalue weighted by Crippen LogP contribution is -2.27. The molecule has 0 saturated carbocycles. The Morgan fingerprint density at radius 3 is 2.62 bits per heavy atom. The van der Waals surface area contributed by atoms with E-state index in [4.69, 9.17) is 4.42 Å². The van der Waals surface area contributed by atoms with Gasteiger partial charge in [0.05, 0.1) is 5.69 Å². The number of nitrogens with zero attached hydrogens (tertiary/aromatic N) is 2. The fourth-order valence-corrected chi connectivity index (χ4v) is 2.14. The van der Waals surface area contributed by atoms with Gasteiger partial charge in [-0.15, -0.1) is 0 Å². The first kappa shape index (κ1) is 11.5. The molecule has 0 amide bonds. The van der Waals surface area contributed by atoms with Crippen LogP contribution < -0.4 is 10.2 Å². The van der Waals surface area contributed by atoms with Gasteiger partial charge in [-0.25, -0.2) is 0 Å². The molecule has 2 heterocycles. The van der Waals surface area contributed by atoms with Gasteiger partial charge < -0.3 is 14.6 Å². The van der Waals surface area contributed by atoms with Gasteiger partial charge in [0, 0.05) is 19.6 Å². The van der Waals surface area contributed by atoms with Gasteiger partial charge in [0.25, 0.3) is 6.01 Å². The summed E-state index contributed by atoms with van der Waals surface area (Å²) in [5.74, 6) is 0. The second kappa shape index (κ2) is 5.89. The number of nitrogens with one attached hydrogen (secondary N) is 1. The molecule has 90 valence electrons. The minimum atomic E-state index is 0.775. The molecule has 1 aromatic rings. The zero-order valence-electron chi connectivity index (χ0n) is 10.0. The molecule has 0 atom stereocenters. The van der Waals surface area contributed by atoms with Crippen LogP contribution in [0, 0.1) is 0 Å². The number of anilines is 1. The van der Waals surface area contributed by atoms with Gasteiger partial charge in [-0.3, -0.25) is 0 Å². The number of hydrogen-bond donors (Lipinski definition) is 1. The van der Waals surface area contributed by atoms with E-state index in [0.717, 1.165) is 31.3 Å². The highest BCUT2D eigenvalue weighted by Gasteiger charge is 2.13. The summed E-state index contributed by atoms with van der Waals surface area (Å²) in [5, 5.41) is 3.08. The maximum atomic E-state index is 5.53. The largest absolute Gasteiger partial charge is 0.432 e. The quantitative estimate of drug-likeness (QED) is 0.852. The van der Waals surface area contributed by atoms with Gasteiger partial charge in [-0.05, 0) is 19.9 Å². The lowest BCUT2D eigenvalue weighted by Gasteiger charge is -2.22. The van der Waals surface area contributed by atoms with Crippen LogP contribution in [0.3, 0.4) is 0 Å². The predicted octanol–water partition coefficient (Wildman–Crippen LogP) is 2.16. The molecule has 0 bridgehead atoms. The van der Waals surface area contributed by atoms with E-state index < -0.39 is 0 Å². The number of aromatic nitrogens is 1. The molecule has 16 heavy (non-hydrogen) atoms. The first-order valence-electron chi connectivity index (χ1n) is 6.24. The van der Waals surface area contributed by atoms with Crippen LogP contribution in [-0.2, 0) is 6.54 Å². The van der Waals surface area contributed by atoms with E-state index in [-0.39, 0.29) is 0 Å². The Hall–Kier alpha value is -1.03. The fourth-order valence-electron chi connectivity index (χ4n) is 2.14. The van der Waals surface area contributed by atoms with Crippen molar-refractivity contribution in [1.29, 1.82) is 0 Å². The Labute approximate surface area is 97.0 Å². The molecule has 1 aliphatic heterocycles. The highest BCUT2D eigenvalue weighted by molar-refractivity contribution is 5.26. The lowest BCUT2D eigenvalue weighted by molar-refractivity contribution is 0.493. The highest BCUT2D eigenvalue weighted by atomic mass is 16.4. The number of rotatable bonds is 3. The molecule has 0 spiro atoms. The molecule has 1 saturated heterocycles. The molecule has 0 radical (unpaired) electrons. The van der Waals surface area contributed by atoms with E-state index >= 15 is 0 Å². The molecule has 0 aliphatic carbocycles. The van der Waals surface area contributed by atoms with E-state index in [9.17, 15) is 0 Å². The third-order valence-electron chi connectivity index (χ3n) is 3.02. The predicted molar refractivity (Wildman–Crippen MR) is 64.6 cm³/mol. The summed E-state index contributed by atoms with van der Waals surface area (Å²) < 4.78 is 5.53. The van der Waals surface area contributed by atoms with Crippen LogP contribution in [0.5, 0.6) is 0 Å². The number of hydrogen-bond acceptors (Lipinski definition) is 4. The van der Waals surface area contributed by atoms with Gasteiger partial charge in [0.15, 0.2) is 0 Å². The molecular weight excluding hydrogens is 202 g/mol. The second-order valence-electron chi connectivity index (χ2n) is 4.41. The molecule has 1 fully saturated rings. The Bertz CT molecular complexity index is 303. The lowest BCUT2D eigenvalue weighted by atomic mass is 10.1. The van der Waals surface area contributed by atoms with E-state index in [1.165, 1.54) is 32.1 Å². The van der Waals surface area contributed by atoms with Gasteiger partial charge in [-0.1, -0.05) is 19.3 Å². The van der Waals surface area contributed by atoms with Crippen LogP contribution >= 0.6 is 0 Å².